The Labute approximate surface area is 164 Å². The molecule has 0 atom stereocenters. The lowest BCUT2D eigenvalue weighted by Crippen LogP contribution is -2.51. The molecule has 1 aliphatic rings. The minimum atomic E-state index is -0.560. The number of amides is 2. The van der Waals surface area contributed by atoms with Crippen LogP contribution in [0.5, 0.6) is 0 Å². The predicted molar refractivity (Wildman–Crippen MR) is 107 cm³/mol. The number of carbonyl (C=O) groups excluding carboxylic acids is 2. The molecule has 2 amide bonds. The first kappa shape index (κ1) is 17.4. The normalized spacial score (nSPS) is 14.3. The van der Waals surface area contributed by atoms with Gasteiger partial charge in [0.15, 0.2) is 5.11 Å². The smallest absolute Gasteiger partial charge is 0.263 e. The quantitative estimate of drug-likeness (QED) is 0.397. The fraction of sp³-hybridized carbons (Fsp3) is 0.0526. The summed E-state index contributed by atoms with van der Waals surface area (Å²) in [6.45, 7) is 2.00. The first-order chi connectivity index (χ1) is 12.9. The van der Waals surface area contributed by atoms with Gasteiger partial charge in [0.25, 0.3) is 11.8 Å². The zero-order valence-electron chi connectivity index (χ0n) is 14.1. The molecule has 0 aliphatic carbocycles. The van der Waals surface area contributed by atoms with Gasteiger partial charge < -0.3 is 0 Å². The fourth-order valence-corrected chi connectivity index (χ4v) is 3.19. The number of fused-ring (bicyclic) bond motifs is 1. The van der Waals surface area contributed by atoms with Gasteiger partial charge in [0.1, 0.15) is 11.2 Å². The van der Waals surface area contributed by atoms with E-state index in [0.29, 0.717) is 22.1 Å². The lowest BCUT2D eigenvalue weighted by molar-refractivity contribution is -0.123. The number of nitrogens with one attached hydrogen (secondary N) is 2. The minimum Gasteiger partial charge on any atom is -0.299 e. The number of thiocarbonyl (C=S) groups is 1. The first-order valence-electron chi connectivity index (χ1n) is 8.05. The molecule has 0 unspecified atom stereocenters. The molecular formula is C19H13ClN4O2S. The molecule has 6 nitrogen and oxygen atoms in total. The highest BCUT2D eigenvalue weighted by molar-refractivity contribution is 7.80. The molecule has 1 aliphatic heterocycles. The molecule has 3 aromatic rings. The summed E-state index contributed by atoms with van der Waals surface area (Å²) in [6, 6.07) is 11.3. The number of aromatic nitrogens is 2. The Morgan fingerprint density at radius 2 is 1.74 bits per heavy atom. The Morgan fingerprint density at radius 3 is 2.41 bits per heavy atom. The summed E-state index contributed by atoms with van der Waals surface area (Å²) in [6.07, 6.45) is 3.19. The molecule has 1 saturated heterocycles. The molecule has 2 aromatic heterocycles. The number of nitrogens with zero attached hydrogens (tertiary/aromatic N) is 2. The first-order valence-corrected chi connectivity index (χ1v) is 8.84. The molecule has 0 saturated carbocycles. The lowest BCUT2D eigenvalue weighted by Gasteiger charge is -2.16. The molecule has 4 rings (SSSR count). The van der Waals surface area contributed by atoms with Gasteiger partial charge in [-0.05, 0) is 37.4 Å². The van der Waals surface area contributed by atoms with Crippen molar-refractivity contribution in [1.82, 2.24) is 20.0 Å². The number of pyridine rings is 1. The van der Waals surface area contributed by atoms with E-state index in [1.54, 1.807) is 22.7 Å². The van der Waals surface area contributed by atoms with Crippen LogP contribution in [0, 0.1) is 6.92 Å². The van der Waals surface area contributed by atoms with Crippen LogP contribution < -0.4 is 10.6 Å². The van der Waals surface area contributed by atoms with E-state index in [-0.39, 0.29) is 10.7 Å². The predicted octanol–water partition coefficient (Wildman–Crippen LogP) is 2.88. The molecule has 1 fully saturated rings. The summed E-state index contributed by atoms with van der Waals surface area (Å²) in [4.78, 5) is 29.2. The van der Waals surface area contributed by atoms with Crippen molar-refractivity contribution in [3.63, 3.8) is 0 Å². The van der Waals surface area contributed by atoms with Crippen LogP contribution in [0.4, 0.5) is 0 Å². The Hall–Kier alpha value is -3.03. The third-order valence-corrected chi connectivity index (χ3v) is 4.60. The zero-order chi connectivity index (χ0) is 19.1. The average Bonchev–Trinajstić information content (AvgIpc) is 2.96. The van der Waals surface area contributed by atoms with Gasteiger partial charge in [-0.3, -0.25) is 24.6 Å². The molecule has 2 N–H and O–H groups in total. The van der Waals surface area contributed by atoms with Gasteiger partial charge in [-0.1, -0.05) is 41.4 Å². The number of rotatable bonds is 2. The average molecular weight is 397 g/mol. The molecule has 27 heavy (non-hydrogen) atoms. The van der Waals surface area contributed by atoms with E-state index in [1.165, 1.54) is 6.08 Å². The number of benzene rings is 1. The van der Waals surface area contributed by atoms with Crippen molar-refractivity contribution < 1.29 is 9.59 Å². The van der Waals surface area contributed by atoms with Crippen LogP contribution in [0.1, 0.15) is 11.3 Å². The van der Waals surface area contributed by atoms with Gasteiger partial charge in [0.05, 0.1) is 16.4 Å². The van der Waals surface area contributed by atoms with Crippen LogP contribution in [0.2, 0.25) is 5.02 Å². The number of halogens is 1. The van der Waals surface area contributed by atoms with Crippen LogP contribution in [0.15, 0.2) is 48.2 Å². The number of aryl methyl sites for hydroxylation is 1. The highest BCUT2D eigenvalue weighted by Gasteiger charge is 2.27. The second-order valence-electron chi connectivity index (χ2n) is 6.08. The van der Waals surface area contributed by atoms with E-state index >= 15 is 0 Å². The van der Waals surface area contributed by atoms with E-state index in [9.17, 15) is 9.59 Å². The van der Waals surface area contributed by atoms with Crippen LogP contribution in [-0.2, 0) is 9.59 Å². The SMILES string of the molecule is Cc1ccc(-c2nc3ccc(Cl)cn3c2C=C2C(=O)NC(=S)NC2=O)cc1. The molecular weight excluding hydrogens is 384 g/mol. The Balaban J connectivity index is 1.96. The van der Waals surface area contributed by atoms with E-state index in [0.717, 1.165) is 11.1 Å². The van der Waals surface area contributed by atoms with Crippen molar-refractivity contribution in [3.05, 3.63) is 64.4 Å². The van der Waals surface area contributed by atoms with Crippen LogP contribution in [0.3, 0.4) is 0 Å². The summed E-state index contributed by atoms with van der Waals surface area (Å²) in [5, 5.41) is 5.37. The fourth-order valence-electron chi connectivity index (χ4n) is 2.84. The van der Waals surface area contributed by atoms with Gasteiger partial charge in [-0.2, -0.15) is 0 Å². The summed E-state index contributed by atoms with van der Waals surface area (Å²) < 4.78 is 1.75. The zero-order valence-corrected chi connectivity index (χ0v) is 15.7. The van der Waals surface area contributed by atoms with E-state index in [1.807, 2.05) is 31.2 Å². The van der Waals surface area contributed by atoms with Gasteiger partial charge in [-0.15, -0.1) is 0 Å². The largest absolute Gasteiger partial charge is 0.299 e. The second-order valence-corrected chi connectivity index (χ2v) is 6.93. The van der Waals surface area contributed by atoms with Crippen molar-refractivity contribution in [3.8, 4) is 11.3 Å². The van der Waals surface area contributed by atoms with Crippen molar-refractivity contribution >= 4 is 52.5 Å². The molecule has 8 heteroatoms. The lowest BCUT2D eigenvalue weighted by atomic mass is 10.1. The van der Waals surface area contributed by atoms with Crippen LogP contribution >= 0.6 is 23.8 Å². The Bertz CT molecular complexity index is 1130. The highest BCUT2D eigenvalue weighted by atomic mass is 35.5. The molecule has 0 radical (unpaired) electrons. The van der Waals surface area contributed by atoms with Crippen LogP contribution in [0.25, 0.3) is 23.0 Å². The van der Waals surface area contributed by atoms with E-state index < -0.39 is 11.8 Å². The van der Waals surface area contributed by atoms with Gasteiger partial charge in [0.2, 0.25) is 0 Å². The van der Waals surface area contributed by atoms with Gasteiger partial charge in [0, 0.05) is 11.8 Å². The molecule has 3 heterocycles. The number of hydrogen-bond acceptors (Lipinski definition) is 4. The van der Waals surface area contributed by atoms with E-state index in [4.69, 9.17) is 23.8 Å². The van der Waals surface area contributed by atoms with Crippen molar-refractivity contribution in [2.24, 2.45) is 0 Å². The van der Waals surface area contributed by atoms with Crippen molar-refractivity contribution in [1.29, 1.82) is 0 Å². The Kier molecular flexibility index (Phi) is 4.25. The second kappa shape index (κ2) is 6.61. The highest BCUT2D eigenvalue weighted by Crippen LogP contribution is 2.28. The third-order valence-electron chi connectivity index (χ3n) is 4.17. The van der Waals surface area contributed by atoms with Crippen molar-refractivity contribution in [2.75, 3.05) is 0 Å². The maximum absolute atomic E-state index is 12.3. The molecule has 0 bridgehead atoms. The van der Waals surface area contributed by atoms with Crippen molar-refractivity contribution in [2.45, 2.75) is 6.92 Å². The van der Waals surface area contributed by atoms with Crippen LogP contribution in [-0.4, -0.2) is 26.3 Å². The summed E-state index contributed by atoms with van der Waals surface area (Å²) in [5.41, 5.74) is 3.78. The minimum absolute atomic E-state index is 0.0119. The molecule has 134 valence electrons. The van der Waals surface area contributed by atoms with E-state index in [2.05, 4.69) is 15.6 Å². The van der Waals surface area contributed by atoms with Gasteiger partial charge >= 0.3 is 0 Å². The summed E-state index contributed by atoms with van der Waals surface area (Å²) >= 11 is 11.0. The monoisotopic (exact) mass is 396 g/mol. The topological polar surface area (TPSA) is 75.5 Å². The maximum Gasteiger partial charge on any atom is 0.263 e. The maximum atomic E-state index is 12.3. The third kappa shape index (κ3) is 3.22. The standard InChI is InChI=1S/C19H13ClN4O2S/c1-10-2-4-11(5-3-10)16-14(24-9-12(20)6-7-15(24)21-16)8-13-17(25)22-19(27)23-18(13)26/h2-9H,1H3,(H2,22,23,25,26,27). The molecule has 1 aromatic carbocycles. The summed E-state index contributed by atoms with van der Waals surface area (Å²) in [7, 11) is 0. The number of imidazole rings is 1. The number of hydrogen-bond donors (Lipinski definition) is 2. The molecule has 0 spiro atoms. The Morgan fingerprint density at radius 1 is 1.07 bits per heavy atom. The number of carbonyl (C=O) groups is 2. The summed E-state index contributed by atoms with van der Waals surface area (Å²) in [5.74, 6) is -1.12. The van der Waals surface area contributed by atoms with Gasteiger partial charge in [-0.25, -0.2) is 4.98 Å².